The van der Waals surface area contributed by atoms with E-state index in [0.717, 1.165) is 43.3 Å². The molecule has 6 heterocycles. The van der Waals surface area contributed by atoms with Gasteiger partial charge in [-0.15, -0.1) is 0 Å². The highest BCUT2D eigenvalue weighted by molar-refractivity contribution is 5.95. The van der Waals surface area contributed by atoms with Crippen molar-refractivity contribution in [2.24, 2.45) is 0 Å². The third kappa shape index (κ3) is 4.45. The maximum atomic E-state index is 13.8. The molecule has 0 radical (unpaired) electrons. The minimum atomic E-state index is -1.91. The smallest absolute Gasteiger partial charge is 0.415 e. The molecule has 3 aromatic rings. The second-order valence-corrected chi connectivity index (χ2v) is 12.2. The minimum absolute atomic E-state index is 0.0665. The third-order valence-electron chi connectivity index (χ3n) is 9.95. The molecule has 0 aliphatic carbocycles. The molecule has 2 aromatic heterocycles. The highest BCUT2D eigenvalue weighted by atomic mass is 16.6. The van der Waals surface area contributed by atoms with Crippen molar-refractivity contribution in [3.05, 3.63) is 56.9 Å². The van der Waals surface area contributed by atoms with E-state index in [2.05, 4.69) is 4.90 Å². The maximum absolute atomic E-state index is 13.8. The number of aliphatic hydroxyl groups is 1. The second kappa shape index (κ2) is 10.7. The molecule has 1 atom stereocenters. The number of carbonyl (C=O) groups is 2. The number of fused-ring (bicyclic) bond motifs is 5. The van der Waals surface area contributed by atoms with Crippen LogP contribution in [-0.4, -0.2) is 68.7 Å². The SMILES string of the molecule is CCc1cccc2c(OC(=O)N3CCC(N4CCCCC4)CC3)c3c(nc12)-c1cc2c(c(=O)n1C3)COC(=O)[C@]2(O)CC. The molecule has 0 unspecified atom stereocenters. The van der Waals surface area contributed by atoms with E-state index >= 15 is 0 Å². The van der Waals surface area contributed by atoms with E-state index in [1.807, 2.05) is 25.1 Å². The largest absolute Gasteiger partial charge is 0.458 e. The summed E-state index contributed by atoms with van der Waals surface area (Å²) in [5.74, 6) is -0.346. The summed E-state index contributed by atoms with van der Waals surface area (Å²) in [6, 6.07) is 8.04. The number of rotatable bonds is 4. The molecule has 2 fully saturated rings. The van der Waals surface area contributed by atoms with Gasteiger partial charge in [-0.2, -0.15) is 0 Å². The van der Waals surface area contributed by atoms with Crippen molar-refractivity contribution in [1.82, 2.24) is 19.4 Å². The first kappa shape index (κ1) is 28.0. The predicted octanol–water partition coefficient (Wildman–Crippen LogP) is 4.09. The number of para-hydroxylation sites is 1. The van der Waals surface area contributed by atoms with Crippen molar-refractivity contribution >= 4 is 23.0 Å². The molecule has 1 amide bonds. The number of piperidine rings is 2. The molecule has 0 saturated carbocycles. The van der Waals surface area contributed by atoms with Crippen molar-refractivity contribution < 1.29 is 24.2 Å². The molecule has 0 spiro atoms. The van der Waals surface area contributed by atoms with Gasteiger partial charge in [0.05, 0.1) is 29.0 Å². The van der Waals surface area contributed by atoms with Crippen LogP contribution in [0, 0.1) is 0 Å². The molecule has 0 bridgehead atoms. The van der Waals surface area contributed by atoms with Crippen LogP contribution < -0.4 is 10.3 Å². The summed E-state index contributed by atoms with van der Waals surface area (Å²) in [4.78, 5) is 49.4. The first-order valence-corrected chi connectivity index (χ1v) is 15.7. The number of esters is 1. The number of carbonyl (C=O) groups excluding carboxylic acids is 2. The Bertz CT molecular complexity index is 1690. The number of likely N-dealkylation sites (tertiary alicyclic amines) is 2. The monoisotopic (exact) mass is 586 g/mol. The Morgan fingerprint density at radius 2 is 1.86 bits per heavy atom. The number of aryl methyl sites for hydroxylation is 1. The van der Waals surface area contributed by atoms with Crippen LogP contribution in [0.3, 0.4) is 0 Å². The summed E-state index contributed by atoms with van der Waals surface area (Å²) in [5, 5.41) is 12.0. The van der Waals surface area contributed by atoms with Gasteiger partial charge in [-0.3, -0.25) is 4.79 Å². The Balaban J connectivity index is 1.27. The van der Waals surface area contributed by atoms with E-state index in [9.17, 15) is 19.5 Å². The van der Waals surface area contributed by atoms with Gasteiger partial charge in [0.25, 0.3) is 5.56 Å². The van der Waals surface area contributed by atoms with Crippen LogP contribution in [0.1, 0.15) is 74.6 Å². The fourth-order valence-corrected chi connectivity index (χ4v) is 7.38. The number of benzene rings is 1. The van der Waals surface area contributed by atoms with Gasteiger partial charge in [-0.25, -0.2) is 14.6 Å². The summed E-state index contributed by atoms with van der Waals surface area (Å²) in [6.07, 6.45) is 6.05. The lowest BCUT2D eigenvalue weighted by molar-refractivity contribution is -0.172. The van der Waals surface area contributed by atoms with Gasteiger partial charge < -0.3 is 28.9 Å². The van der Waals surface area contributed by atoms with Crippen LogP contribution in [0.15, 0.2) is 29.1 Å². The van der Waals surface area contributed by atoms with Gasteiger partial charge in [0.2, 0.25) is 0 Å². The molecular weight excluding hydrogens is 548 g/mol. The van der Waals surface area contributed by atoms with Crippen molar-refractivity contribution in [3.8, 4) is 17.1 Å². The predicted molar refractivity (Wildman–Crippen MR) is 160 cm³/mol. The fraction of sp³-hybridized carbons (Fsp3) is 0.515. The molecule has 226 valence electrons. The quantitative estimate of drug-likeness (QED) is 0.356. The van der Waals surface area contributed by atoms with Crippen LogP contribution in [0.5, 0.6) is 5.75 Å². The third-order valence-corrected chi connectivity index (χ3v) is 9.95. The average molecular weight is 587 g/mol. The van der Waals surface area contributed by atoms with Crippen LogP contribution in [0.25, 0.3) is 22.3 Å². The zero-order chi connectivity index (χ0) is 29.9. The number of amides is 1. The first-order valence-electron chi connectivity index (χ1n) is 15.7. The lowest BCUT2D eigenvalue weighted by atomic mass is 9.86. The fourth-order valence-electron chi connectivity index (χ4n) is 7.38. The zero-order valence-electron chi connectivity index (χ0n) is 24.9. The van der Waals surface area contributed by atoms with Gasteiger partial charge >= 0.3 is 12.1 Å². The Hall–Kier alpha value is -3.76. The molecule has 2 saturated heterocycles. The summed E-state index contributed by atoms with van der Waals surface area (Å²) in [7, 11) is 0. The standard InChI is InChI=1S/C33H38N4O6/c1-3-20-9-8-10-22-27(20)34-28-23(18-37-26(28)17-25-24(30(37)38)19-42-31(39)33(25,41)4-2)29(22)43-32(40)36-15-11-21(12-16-36)35-13-6-5-7-14-35/h8-10,17,21,41H,3-7,11-16,18-19H2,1-2H3/t33-/m0/s1. The first-order chi connectivity index (χ1) is 20.8. The second-order valence-electron chi connectivity index (χ2n) is 12.2. The molecule has 4 aliphatic rings. The maximum Gasteiger partial charge on any atom is 0.415 e. The van der Waals surface area contributed by atoms with Crippen molar-refractivity contribution in [3.63, 3.8) is 0 Å². The number of hydrogen-bond acceptors (Lipinski definition) is 8. The van der Waals surface area contributed by atoms with Gasteiger partial charge in [-0.05, 0) is 69.3 Å². The lowest BCUT2D eigenvalue weighted by Gasteiger charge is -2.39. The molecule has 10 nitrogen and oxygen atoms in total. The van der Waals surface area contributed by atoms with Gasteiger partial charge in [0.15, 0.2) is 5.60 Å². The molecular formula is C33H38N4O6. The molecule has 4 aliphatic heterocycles. The lowest BCUT2D eigenvalue weighted by Crippen LogP contribution is -2.48. The van der Waals surface area contributed by atoms with Gasteiger partial charge in [0, 0.05) is 35.6 Å². The van der Waals surface area contributed by atoms with Gasteiger partial charge in [0.1, 0.15) is 12.4 Å². The van der Waals surface area contributed by atoms with Crippen LogP contribution >= 0.6 is 0 Å². The normalized spacial score (nSPS) is 22.2. The van der Waals surface area contributed by atoms with E-state index in [-0.39, 0.29) is 36.3 Å². The number of hydrogen-bond donors (Lipinski definition) is 1. The Morgan fingerprint density at radius 1 is 1.09 bits per heavy atom. The number of pyridine rings is 2. The van der Waals surface area contributed by atoms with E-state index in [4.69, 9.17) is 14.5 Å². The molecule has 1 N–H and O–H groups in total. The molecule has 1 aromatic carbocycles. The van der Waals surface area contributed by atoms with Crippen molar-refractivity contribution in [2.45, 2.75) is 83.6 Å². The average Bonchev–Trinajstić information content (AvgIpc) is 3.42. The number of nitrogens with zero attached hydrogens (tertiary/aromatic N) is 4. The minimum Gasteiger partial charge on any atom is -0.458 e. The zero-order valence-corrected chi connectivity index (χ0v) is 24.9. The summed E-state index contributed by atoms with van der Waals surface area (Å²) in [5.41, 5.74) is 1.62. The van der Waals surface area contributed by atoms with Crippen LogP contribution in [-0.2, 0) is 34.7 Å². The van der Waals surface area contributed by atoms with E-state index in [0.29, 0.717) is 47.3 Å². The molecule has 10 heteroatoms. The van der Waals surface area contributed by atoms with Crippen LogP contribution in [0.4, 0.5) is 4.79 Å². The summed E-state index contributed by atoms with van der Waals surface area (Å²) < 4.78 is 13.1. The van der Waals surface area contributed by atoms with Crippen molar-refractivity contribution in [2.75, 3.05) is 26.2 Å². The Morgan fingerprint density at radius 3 is 2.58 bits per heavy atom. The van der Waals surface area contributed by atoms with Crippen molar-refractivity contribution in [1.29, 1.82) is 0 Å². The highest BCUT2D eigenvalue weighted by Gasteiger charge is 2.45. The van der Waals surface area contributed by atoms with E-state index in [1.165, 1.54) is 19.3 Å². The Kier molecular flexibility index (Phi) is 7.01. The topological polar surface area (TPSA) is 114 Å². The van der Waals surface area contributed by atoms with Crippen LogP contribution in [0.2, 0.25) is 0 Å². The van der Waals surface area contributed by atoms with E-state index < -0.39 is 17.7 Å². The molecule has 7 rings (SSSR count). The molecule has 43 heavy (non-hydrogen) atoms. The Labute approximate surface area is 250 Å². The number of cyclic esters (lactones) is 1. The summed E-state index contributed by atoms with van der Waals surface area (Å²) in [6.45, 7) is 7.26. The highest BCUT2D eigenvalue weighted by Crippen LogP contribution is 2.43. The van der Waals surface area contributed by atoms with Gasteiger partial charge in [-0.1, -0.05) is 32.4 Å². The summed E-state index contributed by atoms with van der Waals surface area (Å²) >= 11 is 0. The number of aromatic nitrogens is 2. The van der Waals surface area contributed by atoms with E-state index in [1.54, 1.807) is 22.5 Å². The number of ether oxygens (including phenoxy) is 2.